The number of hydrogen-bond donors (Lipinski definition) is 1. The van der Waals surface area contributed by atoms with Gasteiger partial charge in [-0.2, -0.15) is 9.57 Å². The summed E-state index contributed by atoms with van der Waals surface area (Å²) in [4.78, 5) is 28.7. The van der Waals surface area contributed by atoms with Crippen molar-refractivity contribution in [2.75, 3.05) is 50.7 Å². The second-order valence-electron chi connectivity index (χ2n) is 8.01. The van der Waals surface area contributed by atoms with Crippen LogP contribution >= 0.6 is 0 Å². The second-order valence-corrected chi connectivity index (χ2v) is 9.95. The van der Waals surface area contributed by atoms with Crippen molar-refractivity contribution in [2.24, 2.45) is 0 Å². The van der Waals surface area contributed by atoms with Crippen molar-refractivity contribution >= 4 is 27.5 Å². The Bertz CT molecular complexity index is 1190. The Hall–Kier alpha value is -3.42. The number of piperazine rings is 1. The van der Waals surface area contributed by atoms with Gasteiger partial charge in [-0.3, -0.25) is 9.59 Å². The van der Waals surface area contributed by atoms with Crippen LogP contribution in [-0.4, -0.2) is 75.3 Å². The van der Waals surface area contributed by atoms with Gasteiger partial charge >= 0.3 is 0 Å². The van der Waals surface area contributed by atoms with Crippen molar-refractivity contribution < 1.29 is 18.0 Å². The number of benzene rings is 2. The van der Waals surface area contributed by atoms with E-state index in [1.54, 1.807) is 29.2 Å². The zero-order chi connectivity index (χ0) is 23.4. The van der Waals surface area contributed by atoms with E-state index in [0.717, 1.165) is 23.0 Å². The standard InChI is InChI=1S/C23H25N5O4S/c24-16-18-5-7-20(8-6-18)26-10-2-11-27(14-13-26)23(30)19-3-1-4-21(15-19)33(31,32)28-12-9-25-22(29)17-28/h1,3-8,15H,2,9-14,17H2,(H,25,29). The Balaban J connectivity index is 1.47. The number of nitrogens with zero attached hydrogens (tertiary/aromatic N) is 4. The van der Waals surface area contributed by atoms with Crippen LogP contribution in [0, 0.1) is 11.3 Å². The normalized spacial score (nSPS) is 17.7. The number of rotatable bonds is 4. The summed E-state index contributed by atoms with van der Waals surface area (Å²) >= 11 is 0. The lowest BCUT2D eigenvalue weighted by Crippen LogP contribution is -2.49. The Morgan fingerprint density at radius 2 is 1.79 bits per heavy atom. The van der Waals surface area contributed by atoms with Gasteiger partial charge < -0.3 is 15.1 Å². The lowest BCUT2D eigenvalue weighted by molar-refractivity contribution is -0.122. The number of sulfonamides is 1. The molecule has 10 heteroatoms. The molecule has 0 atom stereocenters. The van der Waals surface area contributed by atoms with E-state index in [1.165, 1.54) is 12.1 Å². The topological polar surface area (TPSA) is 114 Å². The Kier molecular flexibility index (Phi) is 6.62. The SMILES string of the molecule is N#Cc1ccc(N2CCCN(C(=O)c3cccc(S(=O)(=O)N4CCNC(=O)C4)c3)CC2)cc1. The molecule has 2 fully saturated rings. The number of hydrogen-bond acceptors (Lipinski definition) is 6. The van der Waals surface area contributed by atoms with Crippen LogP contribution in [0.3, 0.4) is 0 Å². The van der Waals surface area contributed by atoms with E-state index >= 15 is 0 Å². The maximum absolute atomic E-state index is 13.2. The first-order valence-corrected chi connectivity index (χ1v) is 12.2. The van der Waals surface area contributed by atoms with Crippen molar-refractivity contribution in [1.82, 2.24) is 14.5 Å². The first kappa shape index (κ1) is 22.8. The highest BCUT2D eigenvalue weighted by Crippen LogP contribution is 2.21. The summed E-state index contributed by atoms with van der Waals surface area (Å²) in [5.74, 6) is -0.557. The summed E-state index contributed by atoms with van der Waals surface area (Å²) in [7, 11) is -3.87. The molecule has 2 aliphatic rings. The minimum Gasteiger partial charge on any atom is -0.370 e. The van der Waals surface area contributed by atoms with E-state index in [-0.39, 0.29) is 36.3 Å². The predicted molar refractivity (Wildman–Crippen MR) is 122 cm³/mol. The maximum Gasteiger partial charge on any atom is 0.253 e. The van der Waals surface area contributed by atoms with Gasteiger partial charge in [0.05, 0.1) is 23.1 Å². The van der Waals surface area contributed by atoms with Crippen LogP contribution in [-0.2, 0) is 14.8 Å². The first-order chi connectivity index (χ1) is 15.9. The molecule has 0 bridgehead atoms. The van der Waals surface area contributed by atoms with E-state index in [4.69, 9.17) is 5.26 Å². The van der Waals surface area contributed by atoms with Gasteiger partial charge in [0, 0.05) is 50.5 Å². The molecular weight excluding hydrogens is 442 g/mol. The molecule has 172 valence electrons. The molecule has 2 heterocycles. The van der Waals surface area contributed by atoms with E-state index in [0.29, 0.717) is 30.8 Å². The summed E-state index contributed by atoms with van der Waals surface area (Å²) < 4.78 is 27.1. The second kappa shape index (κ2) is 9.60. The summed E-state index contributed by atoms with van der Waals surface area (Å²) in [5.41, 5.74) is 1.91. The summed E-state index contributed by atoms with van der Waals surface area (Å²) in [5, 5.41) is 11.6. The monoisotopic (exact) mass is 467 g/mol. The van der Waals surface area contributed by atoms with Crippen LogP contribution in [0.1, 0.15) is 22.3 Å². The van der Waals surface area contributed by atoms with Crippen LogP contribution in [0.25, 0.3) is 0 Å². The van der Waals surface area contributed by atoms with Crippen molar-refractivity contribution in [2.45, 2.75) is 11.3 Å². The highest BCUT2D eigenvalue weighted by Gasteiger charge is 2.30. The van der Waals surface area contributed by atoms with Gasteiger partial charge in [0.2, 0.25) is 15.9 Å². The number of carbonyl (C=O) groups is 2. The largest absolute Gasteiger partial charge is 0.370 e. The van der Waals surface area contributed by atoms with Crippen LogP contribution in [0.5, 0.6) is 0 Å². The summed E-state index contributed by atoms with van der Waals surface area (Å²) in [6, 6.07) is 15.5. The fraction of sp³-hybridized carbons (Fsp3) is 0.348. The number of amides is 2. The molecule has 0 spiro atoms. The number of anilines is 1. The van der Waals surface area contributed by atoms with Crippen LogP contribution in [0.4, 0.5) is 5.69 Å². The van der Waals surface area contributed by atoms with Gasteiger partial charge in [-0.15, -0.1) is 0 Å². The zero-order valence-electron chi connectivity index (χ0n) is 18.1. The van der Waals surface area contributed by atoms with Gasteiger partial charge in [-0.25, -0.2) is 8.42 Å². The van der Waals surface area contributed by atoms with Crippen molar-refractivity contribution in [3.05, 3.63) is 59.7 Å². The van der Waals surface area contributed by atoms with E-state index < -0.39 is 10.0 Å². The molecule has 0 unspecified atom stereocenters. The van der Waals surface area contributed by atoms with Crippen molar-refractivity contribution in [3.63, 3.8) is 0 Å². The molecule has 33 heavy (non-hydrogen) atoms. The fourth-order valence-corrected chi connectivity index (χ4v) is 5.51. The molecule has 0 radical (unpaired) electrons. The average molecular weight is 468 g/mol. The van der Waals surface area contributed by atoms with Gasteiger partial charge in [-0.05, 0) is 48.9 Å². The molecule has 2 saturated heterocycles. The van der Waals surface area contributed by atoms with Crippen LogP contribution in [0.2, 0.25) is 0 Å². The smallest absolute Gasteiger partial charge is 0.253 e. The van der Waals surface area contributed by atoms with Crippen molar-refractivity contribution in [1.29, 1.82) is 5.26 Å². The van der Waals surface area contributed by atoms with Gasteiger partial charge in [0.25, 0.3) is 5.91 Å². The van der Waals surface area contributed by atoms with Gasteiger partial charge in [-0.1, -0.05) is 6.07 Å². The quantitative estimate of drug-likeness (QED) is 0.719. The molecule has 0 aromatic heterocycles. The third-order valence-electron chi connectivity index (χ3n) is 5.87. The van der Waals surface area contributed by atoms with Crippen molar-refractivity contribution in [3.8, 4) is 6.07 Å². The molecule has 0 saturated carbocycles. The molecule has 2 aromatic rings. The molecular formula is C23H25N5O4S. The molecule has 2 amide bonds. The van der Waals surface area contributed by atoms with E-state index in [2.05, 4.69) is 16.3 Å². The number of carbonyl (C=O) groups excluding carboxylic acids is 2. The lowest BCUT2D eigenvalue weighted by atomic mass is 10.2. The molecule has 1 N–H and O–H groups in total. The summed E-state index contributed by atoms with van der Waals surface area (Å²) in [6.45, 7) is 2.72. The molecule has 0 aliphatic carbocycles. The fourth-order valence-electron chi connectivity index (χ4n) is 4.07. The lowest BCUT2D eigenvalue weighted by Gasteiger charge is -2.26. The molecule has 2 aromatic carbocycles. The highest BCUT2D eigenvalue weighted by molar-refractivity contribution is 7.89. The first-order valence-electron chi connectivity index (χ1n) is 10.8. The Morgan fingerprint density at radius 1 is 1.00 bits per heavy atom. The zero-order valence-corrected chi connectivity index (χ0v) is 18.9. The minimum atomic E-state index is -3.87. The maximum atomic E-state index is 13.2. The number of nitrogens with one attached hydrogen (secondary N) is 1. The Labute approximate surface area is 193 Å². The van der Waals surface area contributed by atoms with Crippen LogP contribution in [0.15, 0.2) is 53.4 Å². The Morgan fingerprint density at radius 3 is 2.52 bits per heavy atom. The third-order valence-corrected chi connectivity index (χ3v) is 7.71. The van der Waals surface area contributed by atoms with Crippen LogP contribution < -0.4 is 10.2 Å². The minimum absolute atomic E-state index is 0.0112. The third kappa shape index (κ3) is 4.99. The predicted octanol–water partition coefficient (Wildman–Crippen LogP) is 1.03. The van der Waals surface area contributed by atoms with Gasteiger partial charge in [0.15, 0.2) is 0 Å². The van der Waals surface area contributed by atoms with E-state index in [9.17, 15) is 18.0 Å². The highest BCUT2D eigenvalue weighted by atomic mass is 32.2. The molecule has 9 nitrogen and oxygen atoms in total. The van der Waals surface area contributed by atoms with E-state index in [1.807, 2.05) is 12.1 Å². The average Bonchev–Trinajstić information content (AvgIpc) is 3.10. The molecule has 4 rings (SSSR count). The molecule has 2 aliphatic heterocycles. The summed E-state index contributed by atoms with van der Waals surface area (Å²) in [6.07, 6.45) is 0.770. The number of nitriles is 1. The van der Waals surface area contributed by atoms with Gasteiger partial charge in [0.1, 0.15) is 0 Å².